The summed E-state index contributed by atoms with van der Waals surface area (Å²) in [5, 5.41) is 3.33. The van der Waals surface area contributed by atoms with Gasteiger partial charge in [0, 0.05) is 23.8 Å². The molecule has 0 spiro atoms. The third-order valence-electron chi connectivity index (χ3n) is 6.24. The number of carbonyl (C=O) groups excluding carboxylic acids is 3. The molecule has 4 rings (SSSR count). The van der Waals surface area contributed by atoms with Crippen molar-refractivity contribution >= 4 is 34.9 Å². The third-order valence-corrected chi connectivity index (χ3v) is 6.55. The normalized spacial score (nSPS) is 22.4. The Morgan fingerprint density at radius 3 is 2.59 bits per heavy atom. The molecule has 6 nitrogen and oxygen atoms in total. The van der Waals surface area contributed by atoms with Crippen LogP contribution >= 0.6 is 11.6 Å². The standard InChI is InChI=1S/C25H26ClN3O3/c1-15(27)21-23(30)22-19(26)11-6-12-20(22)29(25(21)32)18-10-5-7-16(13-18)14-28-24(31)17-8-3-2-4-9-17/h2-4,6,8-9,11-12,16,18H,5,7,10,13-14,27H2,1H3,(H,28,31). The summed E-state index contributed by atoms with van der Waals surface area (Å²) >= 11 is 6.36. The lowest BCUT2D eigenvalue weighted by atomic mass is 9.82. The Bertz CT molecular complexity index is 1090. The summed E-state index contributed by atoms with van der Waals surface area (Å²) in [5.74, 6) is -0.674. The Kier molecular flexibility index (Phi) is 6.33. The highest BCUT2D eigenvalue weighted by Crippen LogP contribution is 2.40. The van der Waals surface area contributed by atoms with E-state index in [9.17, 15) is 14.4 Å². The van der Waals surface area contributed by atoms with Gasteiger partial charge in [-0.3, -0.25) is 14.4 Å². The maximum Gasteiger partial charge on any atom is 0.264 e. The number of nitrogens with one attached hydrogen (secondary N) is 1. The molecule has 32 heavy (non-hydrogen) atoms. The minimum absolute atomic E-state index is 0.00916. The maximum atomic E-state index is 13.4. The number of hydrogen-bond donors (Lipinski definition) is 2. The largest absolute Gasteiger partial charge is 0.402 e. The van der Waals surface area contributed by atoms with Gasteiger partial charge in [-0.15, -0.1) is 0 Å². The third kappa shape index (κ3) is 4.15. The van der Waals surface area contributed by atoms with Crippen LogP contribution in [0.3, 0.4) is 0 Å². The molecular formula is C25H26ClN3O3. The zero-order valence-electron chi connectivity index (χ0n) is 17.9. The number of carbonyl (C=O) groups is 3. The van der Waals surface area contributed by atoms with Crippen molar-refractivity contribution in [3.8, 4) is 0 Å². The lowest BCUT2D eigenvalue weighted by Gasteiger charge is -2.40. The van der Waals surface area contributed by atoms with Gasteiger partial charge in [-0.05, 0) is 56.4 Å². The lowest BCUT2D eigenvalue weighted by molar-refractivity contribution is -0.115. The molecule has 7 heteroatoms. The van der Waals surface area contributed by atoms with Gasteiger partial charge in [-0.25, -0.2) is 0 Å². The van der Waals surface area contributed by atoms with Crippen LogP contribution in [0.15, 0.2) is 59.8 Å². The van der Waals surface area contributed by atoms with Crippen molar-refractivity contribution in [3.63, 3.8) is 0 Å². The highest BCUT2D eigenvalue weighted by Gasteiger charge is 2.41. The molecule has 1 fully saturated rings. The van der Waals surface area contributed by atoms with Crippen LogP contribution in [0.25, 0.3) is 0 Å². The molecule has 2 aromatic rings. The minimum Gasteiger partial charge on any atom is -0.402 e. The summed E-state index contributed by atoms with van der Waals surface area (Å²) in [6.45, 7) is 2.10. The molecule has 166 valence electrons. The van der Waals surface area contributed by atoms with E-state index in [2.05, 4.69) is 5.32 Å². The highest BCUT2D eigenvalue weighted by atomic mass is 35.5. The van der Waals surface area contributed by atoms with Crippen molar-refractivity contribution in [1.82, 2.24) is 5.32 Å². The van der Waals surface area contributed by atoms with Crippen LogP contribution in [0.2, 0.25) is 5.02 Å². The van der Waals surface area contributed by atoms with Crippen LogP contribution in [0.1, 0.15) is 53.3 Å². The van der Waals surface area contributed by atoms with Crippen LogP contribution in [0.4, 0.5) is 5.69 Å². The Morgan fingerprint density at radius 1 is 1.12 bits per heavy atom. The predicted molar refractivity (Wildman–Crippen MR) is 125 cm³/mol. The molecule has 2 aromatic carbocycles. The molecule has 0 bridgehead atoms. The van der Waals surface area contributed by atoms with Crippen LogP contribution < -0.4 is 16.0 Å². The van der Waals surface area contributed by atoms with Gasteiger partial charge in [0.15, 0.2) is 0 Å². The summed E-state index contributed by atoms with van der Waals surface area (Å²) in [5.41, 5.74) is 7.61. The van der Waals surface area contributed by atoms with Crippen molar-refractivity contribution < 1.29 is 14.4 Å². The second-order valence-electron chi connectivity index (χ2n) is 8.46. The Labute approximate surface area is 192 Å². The number of ketones is 1. The quantitative estimate of drug-likeness (QED) is 0.541. The van der Waals surface area contributed by atoms with Crippen molar-refractivity contribution in [3.05, 3.63) is 76.0 Å². The SMILES string of the molecule is CC(N)=C1C(=O)c2c(Cl)cccc2N(C2CCCC(CNC(=O)c3ccccc3)C2)C1=O. The fraction of sp³-hybridized carbons (Fsp3) is 0.320. The number of anilines is 1. The molecular weight excluding hydrogens is 426 g/mol. The Balaban J connectivity index is 1.56. The summed E-state index contributed by atoms with van der Waals surface area (Å²) in [6.07, 6.45) is 3.42. The van der Waals surface area contributed by atoms with E-state index in [4.69, 9.17) is 17.3 Å². The number of benzene rings is 2. The minimum atomic E-state index is -0.422. The van der Waals surface area contributed by atoms with Crippen molar-refractivity contribution in [1.29, 1.82) is 0 Å². The van der Waals surface area contributed by atoms with Gasteiger partial charge in [0.05, 0.1) is 16.3 Å². The van der Waals surface area contributed by atoms with Crippen molar-refractivity contribution in [2.75, 3.05) is 11.4 Å². The molecule has 0 saturated heterocycles. The average molecular weight is 452 g/mol. The molecule has 3 N–H and O–H groups in total. The van der Waals surface area contributed by atoms with Crippen LogP contribution in [0.5, 0.6) is 0 Å². The molecule has 1 aliphatic heterocycles. The first-order valence-electron chi connectivity index (χ1n) is 10.8. The lowest BCUT2D eigenvalue weighted by Crippen LogP contribution is -2.49. The first kappa shape index (κ1) is 22.1. The molecule has 2 aliphatic rings. The number of fused-ring (bicyclic) bond motifs is 1. The van der Waals surface area contributed by atoms with E-state index in [1.807, 2.05) is 18.2 Å². The summed E-state index contributed by atoms with van der Waals surface area (Å²) in [4.78, 5) is 40.5. The number of nitrogens with zero attached hydrogens (tertiary/aromatic N) is 1. The zero-order valence-corrected chi connectivity index (χ0v) is 18.7. The monoisotopic (exact) mass is 451 g/mol. The fourth-order valence-electron chi connectivity index (χ4n) is 4.71. The molecule has 1 heterocycles. The number of amides is 2. The van der Waals surface area contributed by atoms with Gasteiger partial charge in [-0.1, -0.05) is 42.3 Å². The summed E-state index contributed by atoms with van der Waals surface area (Å²) < 4.78 is 0. The van der Waals surface area contributed by atoms with Gasteiger partial charge in [-0.2, -0.15) is 0 Å². The Hall–Kier alpha value is -3.12. The predicted octanol–water partition coefficient (Wildman–Crippen LogP) is 4.09. The van der Waals surface area contributed by atoms with E-state index in [0.29, 0.717) is 28.4 Å². The molecule has 1 aliphatic carbocycles. The van der Waals surface area contributed by atoms with E-state index >= 15 is 0 Å². The zero-order chi connectivity index (χ0) is 22.8. The molecule has 2 unspecified atom stereocenters. The van der Waals surface area contributed by atoms with Crippen LogP contribution in [-0.2, 0) is 4.79 Å². The van der Waals surface area contributed by atoms with Gasteiger partial charge >= 0.3 is 0 Å². The number of hydrogen-bond acceptors (Lipinski definition) is 4. The molecule has 1 saturated carbocycles. The van der Waals surface area contributed by atoms with Crippen molar-refractivity contribution in [2.45, 2.75) is 38.6 Å². The summed E-state index contributed by atoms with van der Waals surface area (Å²) in [7, 11) is 0. The van der Waals surface area contributed by atoms with E-state index in [0.717, 1.165) is 25.7 Å². The van der Waals surface area contributed by atoms with Gasteiger partial charge in [0.25, 0.3) is 11.8 Å². The second kappa shape index (κ2) is 9.17. The van der Waals surface area contributed by atoms with E-state index in [1.54, 1.807) is 42.2 Å². The van der Waals surface area contributed by atoms with Gasteiger partial charge in [0.2, 0.25) is 5.78 Å². The summed E-state index contributed by atoms with van der Waals surface area (Å²) in [6, 6.07) is 14.2. The Morgan fingerprint density at radius 2 is 1.88 bits per heavy atom. The molecule has 2 atom stereocenters. The van der Waals surface area contributed by atoms with E-state index < -0.39 is 5.78 Å². The smallest absolute Gasteiger partial charge is 0.264 e. The molecule has 0 radical (unpaired) electrons. The van der Waals surface area contributed by atoms with Crippen LogP contribution in [-0.4, -0.2) is 30.2 Å². The number of halogens is 1. The van der Waals surface area contributed by atoms with E-state index in [-0.39, 0.29) is 35.0 Å². The fourth-order valence-corrected chi connectivity index (χ4v) is 4.97. The van der Waals surface area contributed by atoms with Crippen LogP contribution in [0, 0.1) is 5.92 Å². The number of rotatable bonds is 4. The number of Topliss-reactive ketones (excluding diaryl/α,β-unsaturated/α-hetero) is 1. The maximum absolute atomic E-state index is 13.4. The van der Waals surface area contributed by atoms with Gasteiger partial charge in [0.1, 0.15) is 5.57 Å². The first-order chi connectivity index (χ1) is 15.4. The second-order valence-corrected chi connectivity index (χ2v) is 8.87. The number of nitrogens with two attached hydrogens (primary N) is 1. The topological polar surface area (TPSA) is 92.5 Å². The number of allylic oxidation sites excluding steroid dienone is 1. The molecule has 0 aromatic heterocycles. The first-order valence-corrected chi connectivity index (χ1v) is 11.2. The van der Waals surface area contributed by atoms with Gasteiger partial charge < -0.3 is 16.0 Å². The molecule has 2 amide bonds. The van der Waals surface area contributed by atoms with E-state index in [1.165, 1.54) is 0 Å². The highest BCUT2D eigenvalue weighted by molar-refractivity contribution is 6.42. The average Bonchev–Trinajstić information content (AvgIpc) is 2.78. The van der Waals surface area contributed by atoms with Crippen molar-refractivity contribution in [2.24, 2.45) is 11.7 Å².